The molecule has 0 saturated carbocycles. The minimum Gasteiger partial charge on any atom is -0.495 e. The fourth-order valence-electron chi connectivity index (χ4n) is 4.55. The predicted octanol–water partition coefficient (Wildman–Crippen LogP) is 5.23. The first-order valence-corrected chi connectivity index (χ1v) is 13.3. The van der Waals surface area contributed by atoms with Gasteiger partial charge in [-0.3, -0.25) is 4.79 Å². The number of sulfonamides is 1. The lowest BCUT2D eigenvalue weighted by Crippen LogP contribution is -2.34. The summed E-state index contributed by atoms with van der Waals surface area (Å²) in [4.78, 5) is 15.3. The van der Waals surface area contributed by atoms with Gasteiger partial charge in [-0.1, -0.05) is 31.0 Å². The highest BCUT2D eigenvalue weighted by molar-refractivity contribution is 7.89. The molecule has 1 aliphatic rings. The molecule has 2 aromatic carbocycles. The first kappa shape index (κ1) is 24.3. The Kier molecular flexibility index (Phi) is 7.28. The number of rotatable bonds is 7. The Hall–Kier alpha value is -2.84. The van der Waals surface area contributed by atoms with Crippen LogP contribution < -0.4 is 4.74 Å². The topological polar surface area (TPSA) is 80.1 Å². The number of amides is 1. The molecule has 1 aromatic heterocycles. The van der Waals surface area contributed by atoms with E-state index in [2.05, 4.69) is 0 Å². The van der Waals surface area contributed by atoms with Crippen LogP contribution in [0.3, 0.4) is 0 Å². The number of carbonyl (C=O) groups excluding carboxylic acids is 1. The van der Waals surface area contributed by atoms with Crippen molar-refractivity contribution in [1.82, 2.24) is 9.21 Å². The van der Waals surface area contributed by atoms with Crippen LogP contribution in [0.1, 0.15) is 61.7 Å². The third-order valence-electron chi connectivity index (χ3n) is 6.52. The van der Waals surface area contributed by atoms with Gasteiger partial charge >= 0.3 is 0 Å². The molecule has 182 valence electrons. The van der Waals surface area contributed by atoms with Gasteiger partial charge in [-0.2, -0.15) is 4.31 Å². The van der Waals surface area contributed by atoms with Crippen LogP contribution in [0.5, 0.6) is 5.75 Å². The SMILES string of the molecule is CCN(C(=O)c1ccc(OC)c(S(=O)(=O)N2CCCCCC2)c1)C(C)c1cc2ccccc2o1. The van der Waals surface area contributed by atoms with Crippen LogP contribution in [0, 0.1) is 0 Å². The van der Waals surface area contributed by atoms with E-state index in [-0.39, 0.29) is 22.6 Å². The zero-order valence-electron chi connectivity index (χ0n) is 20.0. The Labute approximate surface area is 201 Å². The number of fused-ring (bicyclic) bond motifs is 1. The molecule has 0 spiro atoms. The van der Waals surface area contributed by atoms with Crippen molar-refractivity contribution in [3.05, 3.63) is 59.9 Å². The van der Waals surface area contributed by atoms with E-state index in [0.717, 1.165) is 36.7 Å². The number of hydrogen-bond donors (Lipinski definition) is 0. The van der Waals surface area contributed by atoms with E-state index in [1.165, 1.54) is 17.5 Å². The molecule has 2 heterocycles. The monoisotopic (exact) mass is 484 g/mol. The molecule has 0 aliphatic carbocycles. The summed E-state index contributed by atoms with van der Waals surface area (Å²) >= 11 is 0. The van der Waals surface area contributed by atoms with Crippen LogP contribution in [0.15, 0.2) is 57.8 Å². The molecule has 1 saturated heterocycles. The van der Waals surface area contributed by atoms with Crippen molar-refractivity contribution in [3.63, 3.8) is 0 Å². The average molecular weight is 485 g/mol. The Morgan fingerprint density at radius 1 is 1.09 bits per heavy atom. The molecular formula is C26H32N2O5S. The molecule has 0 radical (unpaired) electrons. The molecule has 1 unspecified atom stereocenters. The standard InChI is InChI=1S/C26H32N2O5S/c1-4-28(19(2)24-17-20-11-7-8-12-22(20)33-24)26(29)21-13-14-23(32-3)25(18-21)34(30,31)27-15-9-5-6-10-16-27/h7-8,11-14,17-19H,4-6,9-10,15-16H2,1-3H3. The van der Waals surface area contributed by atoms with E-state index in [1.807, 2.05) is 44.2 Å². The summed E-state index contributed by atoms with van der Waals surface area (Å²) in [5.74, 6) is 0.668. The first-order valence-electron chi connectivity index (χ1n) is 11.8. The van der Waals surface area contributed by atoms with Crippen LogP contribution in [0.25, 0.3) is 11.0 Å². The smallest absolute Gasteiger partial charge is 0.254 e. The van der Waals surface area contributed by atoms with Gasteiger partial charge < -0.3 is 14.1 Å². The second-order valence-corrected chi connectivity index (χ2v) is 10.5. The maximum Gasteiger partial charge on any atom is 0.254 e. The summed E-state index contributed by atoms with van der Waals surface area (Å²) < 4.78 is 39.9. The Balaban J connectivity index is 1.66. The fourth-order valence-corrected chi connectivity index (χ4v) is 6.25. The summed E-state index contributed by atoms with van der Waals surface area (Å²) in [6.07, 6.45) is 3.71. The number of ether oxygens (including phenoxy) is 1. The number of methoxy groups -OCH3 is 1. The van der Waals surface area contributed by atoms with E-state index in [4.69, 9.17) is 9.15 Å². The van der Waals surface area contributed by atoms with Crippen LogP contribution in [-0.4, -0.2) is 50.3 Å². The van der Waals surface area contributed by atoms with Gasteiger partial charge in [0, 0.05) is 30.6 Å². The minimum absolute atomic E-state index is 0.0372. The summed E-state index contributed by atoms with van der Waals surface area (Å²) in [6.45, 7) is 5.21. The van der Waals surface area contributed by atoms with E-state index >= 15 is 0 Å². The molecule has 7 nitrogen and oxygen atoms in total. The maximum absolute atomic E-state index is 13.6. The summed E-state index contributed by atoms with van der Waals surface area (Å²) in [5, 5.41) is 0.975. The maximum atomic E-state index is 13.6. The zero-order chi connectivity index (χ0) is 24.3. The van der Waals surface area contributed by atoms with Gasteiger partial charge in [0.15, 0.2) is 0 Å². The molecule has 1 fully saturated rings. The van der Waals surface area contributed by atoms with Crippen LogP contribution in [0.4, 0.5) is 0 Å². The lowest BCUT2D eigenvalue weighted by molar-refractivity contribution is 0.0684. The second kappa shape index (κ2) is 10.2. The Morgan fingerprint density at radius 2 is 1.79 bits per heavy atom. The predicted molar refractivity (Wildman–Crippen MR) is 132 cm³/mol. The van der Waals surface area contributed by atoms with Crippen molar-refractivity contribution >= 4 is 26.9 Å². The van der Waals surface area contributed by atoms with Gasteiger partial charge in [0.1, 0.15) is 22.0 Å². The highest BCUT2D eigenvalue weighted by Crippen LogP contribution is 2.32. The number of hydrogen-bond acceptors (Lipinski definition) is 5. The van der Waals surface area contributed by atoms with Crippen LogP contribution in [0.2, 0.25) is 0 Å². The molecular weight excluding hydrogens is 452 g/mol. The molecule has 0 bridgehead atoms. The molecule has 3 aromatic rings. The highest BCUT2D eigenvalue weighted by Gasteiger charge is 2.31. The van der Waals surface area contributed by atoms with Crippen molar-refractivity contribution in [2.75, 3.05) is 26.7 Å². The van der Waals surface area contributed by atoms with Gasteiger partial charge in [-0.15, -0.1) is 0 Å². The van der Waals surface area contributed by atoms with Crippen molar-refractivity contribution in [1.29, 1.82) is 0 Å². The second-order valence-electron chi connectivity index (χ2n) is 8.64. The third-order valence-corrected chi connectivity index (χ3v) is 8.44. The lowest BCUT2D eigenvalue weighted by Gasteiger charge is -2.27. The molecule has 34 heavy (non-hydrogen) atoms. The summed E-state index contributed by atoms with van der Waals surface area (Å²) in [7, 11) is -2.34. The van der Waals surface area contributed by atoms with Crippen molar-refractivity contribution in [2.24, 2.45) is 0 Å². The Bertz CT molecular complexity index is 1230. The number of benzene rings is 2. The normalized spacial score (nSPS) is 16.2. The fraction of sp³-hybridized carbons (Fsp3) is 0.423. The zero-order valence-corrected chi connectivity index (χ0v) is 20.8. The van der Waals surface area contributed by atoms with Gasteiger partial charge in [0.2, 0.25) is 10.0 Å². The molecule has 1 amide bonds. The highest BCUT2D eigenvalue weighted by atomic mass is 32.2. The summed E-state index contributed by atoms with van der Waals surface area (Å²) in [6, 6.07) is 14.0. The molecule has 1 atom stereocenters. The van der Waals surface area contributed by atoms with Gasteiger partial charge in [-0.05, 0) is 57.0 Å². The van der Waals surface area contributed by atoms with E-state index in [1.54, 1.807) is 17.0 Å². The molecule has 0 N–H and O–H groups in total. The number of furan rings is 1. The van der Waals surface area contributed by atoms with E-state index < -0.39 is 10.0 Å². The minimum atomic E-state index is -3.79. The van der Waals surface area contributed by atoms with E-state index in [0.29, 0.717) is 31.0 Å². The number of carbonyl (C=O) groups is 1. The Morgan fingerprint density at radius 3 is 2.44 bits per heavy atom. The van der Waals surface area contributed by atoms with Crippen molar-refractivity contribution in [2.45, 2.75) is 50.5 Å². The van der Waals surface area contributed by atoms with Crippen LogP contribution >= 0.6 is 0 Å². The van der Waals surface area contributed by atoms with Crippen molar-refractivity contribution < 1.29 is 22.4 Å². The quantitative estimate of drug-likeness (QED) is 0.459. The summed E-state index contributed by atoms with van der Waals surface area (Å²) in [5.41, 5.74) is 1.07. The first-order chi connectivity index (χ1) is 16.4. The average Bonchev–Trinajstić information content (AvgIpc) is 3.09. The molecule has 8 heteroatoms. The van der Waals surface area contributed by atoms with Gasteiger partial charge in [0.05, 0.1) is 13.2 Å². The number of para-hydroxylation sites is 1. The third kappa shape index (κ3) is 4.70. The van der Waals surface area contributed by atoms with E-state index in [9.17, 15) is 13.2 Å². The lowest BCUT2D eigenvalue weighted by atomic mass is 10.1. The molecule has 1 aliphatic heterocycles. The van der Waals surface area contributed by atoms with Gasteiger partial charge in [0.25, 0.3) is 5.91 Å². The van der Waals surface area contributed by atoms with Gasteiger partial charge in [-0.25, -0.2) is 8.42 Å². The van der Waals surface area contributed by atoms with Crippen LogP contribution in [-0.2, 0) is 10.0 Å². The largest absolute Gasteiger partial charge is 0.495 e. The number of nitrogens with zero attached hydrogens (tertiary/aromatic N) is 2. The molecule has 4 rings (SSSR count). The van der Waals surface area contributed by atoms with Crippen molar-refractivity contribution in [3.8, 4) is 5.75 Å².